The highest BCUT2D eigenvalue weighted by Gasteiger charge is 2.30. The SMILES string of the molecule is O=C(CCn1cnnn1)N1Cc2[nH]cnc2C(c2ccccc2)C1. The van der Waals surface area contributed by atoms with Crippen molar-refractivity contribution in [1.29, 1.82) is 0 Å². The van der Waals surface area contributed by atoms with Gasteiger partial charge in [-0.3, -0.25) is 4.79 Å². The molecule has 1 amide bonds. The summed E-state index contributed by atoms with van der Waals surface area (Å²) in [6, 6.07) is 10.2. The summed E-state index contributed by atoms with van der Waals surface area (Å²) >= 11 is 0. The lowest BCUT2D eigenvalue weighted by Crippen LogP contribution is -2.39. The quantitative estimate of drug-likeness (QED) is 0.772. The average Bonchev–Trinajstić information content (AvgIpc) is 3.31. The van der Waals surface area contributed by atoms with Gasteiger partial charge < -0.3 is 9.88 Å². The van der Waals surface area contributed by atoms with Crippen molar-refractivity contribution in [3.8, 4) is 0 Å². The summed E-state index contributed by atoms with van der Waals surface area (Å²) in [7, 11) is 0. The second-order valence-electron chi connectivity index (χ2n) is 5.83. The smallest absolute Gasteiger partial charge is 0.224 e. The third-order valence-corrected chi connectivity index (χ3v) is 4.33. The highest BCUT2D eigenvalue weighted by atomic mass is 16.2. The number of tetrazole rings is 1. The molecule has 8 nitrogen and oxygen atoms in total. The van der Waals surface area contributed by atoms with Crippen molar-refractivity contribution in [2.75, 3.05) is 6.54 Å². The van der Waals surface area contributed by atoms with Gasteiger partial charge in [-0.25, -0.2) is 9.67 Å². The van der Waals surface area contributed by atoms with Crippen molar-refractivity contribution in [3.05, 3.63) is 59.9 Å². The summed E-state index contributed by atoms with van der Waals surface area (Å²) in [4.78, 5) is 22.1. The molecular weight excluding hydrogens is 306 g/mol. The maximum Gasteiger partial charge on any atom is 0.224 e. The number of aryl methyl sites for hydroxylation is 1. The Hall–Kier alpha value is -3.03. The van der Waals surface area contributed by atoms with Gasteiger partial charge in [0.15, 0.2) is 0 Å². The van der Waals surface area contributed by atoms with Crippen LogP contribution >= 0.6 is 0 Å². The van der Waals surface area contributed by atoms with Crippen LogP contribution in [0.4, 0.5) is 0 Å². The van der Waals surface area contributed by atoms with E-state index in [-0.39, 0.29) is 11.8 Å². The zero-order chi connectivity index (χ0) is 16.4. The van der Waals surface area contributed by atoms with E-state index in [1.165, 1.54) is 11.9 Å². The fourth-order valence-corrected chi connectivity index (χ4v) is 3.11. The minimum atomic E-state index is 0.0895. The van der Waals surface area contributed by atoms with E-state index >= 15 is 0 Å². The van der Waals surface area contributed by atoms with Crippen molar-refractivity contribution in [1.82, 2.24) is 35.1 Å². The summed E-state index contributed by atoms with van der Waals surface area (Å²) in [5, 5.41) is 11.0. The first-order valence-corrected chi connectivity index (χ1v) is 7.87. The van der Waals surface area contributed by atoms with E-state index in [1.807, 2.05) is 23.1 Å². The molecule has 0 bridgehead atoms. The first-order valence-electron chi connectivity index (χ1n) is 7.87. The third kappa shape index (κ3) is 2.78. The number of imidazole rings is 1. The molecule has 2 aromatic heterocycles. The van der Waals surface area contributed by atoms with Gasteiger partial charge in [0, 0.05) is 18.9 Å². The zero-order valence-corrected chi connectivity index (χ0v) is 13.0. The van der Waals surface area contributed by atoms with Crippen LogP contribution in [0.3, 0.4) is 0 Å². The number of hydrogen-bond acceptors (Lipinski definition) is 5. The molecule has 0 spiro atoms. The number of carbonyl (C=O) groups is 1. The topological polar surface area (TPSA) is 92.6 Å². The maximum absolute atomic E-state index is 12.6. The lowest BCUT2D eigenvalue weighted by molar-refractivity contribution is -0.132. The van der Waals surface area contributed by atoms with Crippen LogP contribution in [0, 0.1) is 0 Å². The van der Waals surface area contributed by atoms with Crippen LogP contribution in [0.25, 0.3) is 0 Å². The predicted molar refractivity (Wildman–Crippen MR) is 84.7 cm³/mol. The summed E-state index contributed by atoms with van der Waals surface area (Å²) in [5.74, 6) is 0.185. The summed E-state index contributed by atoms with van der Waals surface area (Å²) in [5.41, 5.74) is 3.21. The summed E-state index contributed by atoms with van der Waals surface area (Å²) in [6.07, 6.45) is 3.59. The minimum Gasteiger partial charge on any atom is -0.347 e. The van der Waals surface area contributed by atoms with E-state index < -0.39 is 0 Å². The molecule has 24 heavy (non-hydrogen) atoms. The summed E-state index contributed by atoms with van der Waals surface area (Å²) < 4.78 is 1.57. The molecule has 0 radical (unpaired) electrons. The molecule has 0 saturated heterocycles. The highest BCUT2D eigenvalue weighted by molar-refractivity contribution is 5.76. The largest absolute Gasteiger partial charge is 0.347 e. The lowest BCUT2D eigenvalue weighted by atomic mass is 9.91. The molecule has 0 aliphatic carbocycles. The number of rotatable bonds is 4. The Kier molecular flexibility index (Phi) is 3.78. The average molecular weight is 323 g/mol. The zero-order valence-electron chi connectivity index (χ0n) is 13.0. The monoisotopic (exact) mass is 323 g/mol. The van der Waals surface area contributed by atoms with Crippen molar-refractivity contribution in [2.45, 2.75) is 25.4 Å². The van der Waals surface area contributed by atoms with Gasteiger partial charge in [0.2, 0.25) is 5.91 Å². The minimum absolute atomic E-state index is 0.0895. The second-order valence-corrected chi connectivity index (χ2v) is 5.83. The standard InChI is InChI=1S/C16H17N7O/c24-15(6-7-23-11-19-20-21-23)22-8-13(12-4-2-1-3-5-12)16-14(9-22)17-10-18-16/h1-5,10-11,13H,6-9H2,(H,17,18). The van der Waals surface area contributed by atoms with Gasteiger partial charge >= 0.3 is 0 Å². The molecule has 4 rings (SSSR count). The Morgan fingerprint density at radius 1 is 1.29 bits per heavy atom. The van der Waals surface area contributed by atoms with Crippen LogP contribution in [0.2, 0.25) is 0 Å². The molecule has 1 N–H and O–H groups in total. The molecule has 3 heterocycles. The van der Waals surface area contributed by atoms with Crippen molar-refractivity contribution >= 4 is 5.91 Å². The van der Waals surface area contributed by atoms with E-state index in [4.69, 9.17) is 0 Å². The van der Waals surface area contributed by atoms with Crippen molar-refractivity contribution < 1.29 is 4.79 Å². The number of benzene rings is 1. The molecule has 1 aliphatic heterocycles. The van der Waals surface area contributed by atoms with Gasteiger partial charge in [0.05, 0.1) is 30.8 Å². The third-order valence-electron chi connectivity index (χ3n) is 4.33. The first kappa shape index (κ1) is 14.6. The normalized spacial score (nSPS) is 16.8. The number of aromatic nitrogens is 6. The molecule has 1 aromatic carbocycles. The fourth-order valence-electron chi connectivity index (χ4n) is 3.11. The molecule has 122 valence electrons. The number of carbonyl (C=O) groups excluding carboxylic acids is 1. The fraction of sp³-hybridized carbons (Fsp3) is 0.312. The molecular formula is C16H17N7O. The van der Waals surface area contributed by atoms with Crippen LogP contribution in [-0.4, -0.2) is 47.5 Å². The van der Waals surface area contributed by atoms with Gasteiger partial charge in [-0.1, -0.05) is 30.3 Å². The Morgan fingerprint density at radius 2 is 2.17 bits per heavy atom. The number of H-pyrrole nitrogens is 1. The van der Waals surface area contributed by atoms with E-state index in [1.54, 1.807) is 11.0 Å². The Labute approximate surface area is 138 Å². The molecule has 0 fully saturated rings. The highest BCUT2D eigenvalue weighted by Crippen LogP contribution is 2.31. The van der Waals surface area contributed by atoms with Gasteiger partial charge in [-0.15, -0.1) is 5.10 Å². The van der Waals surface area contributed by atoms with Gasteiger partial charge in [-0.05, 0) is 16.0 Å². The van der Waals surface area contributed by atoms with E-state index in [9.17, 15) is 4.79 Å². The van der Waals surface area contributed by atoms with Crippen LogP contribution in [0.1, 0.15) is 29.3 Å². The van der Waals surface area contributed by atoms with Crippen LogP contribution in [-0.2, 0) is 17.9 Å². The van der Waals surface area contributed by atoms with Crippen LogP contribution in [0.5, 0.6) is 0 Å². The first-order chi connectivity index (χ1) is 11.8. The lowest BCUT2D eigenvalue weighted by Gasteiger charge is -2.32. The molecule has 1 aliphatic rings. The van der Waals surface area contributed by atoms with Gasteiger partial charge in [0.25, 0.3) is 0 Å². The second kappa shape index (κ2) is 6.23. The predicted octanol–water partition coefficient (Wildman–Crippen LogP) is 0.961. The van der Waals surface area contributed by atoms with E-state index in [0.717, 1.165) is 11.4 Å². The van der Waals surface area contributed by atoms with Gasteiger partial charge in [0.1, 0.15) is 6.33 Å². The number of amides is 1. The Balaban J connectivity index is 1.52. The van der Waals surface area contributed by atoms with Gasteiger partial charge in [-0.2, -0.15) is 0 Å². The van der Waals surface area contributed by atoms with E-state index in [2.05, 4.69) is 37.6 Å². The number of nitrogens with one attached hydrogen (secondary N) is 1. The molecule has 1 atom stereocenters. The van der Waals surface area contributed by atoms with Crippen molar-refractivity contribution in [3.63, 3.8) is 0 Å². The Morgan fingerprint density at radius 3 is 2.96 bits per heavy atom. The number of fused-ring (bicyclic) bond motifs is 1. The molecule has 8 heteroatoms. The summed E-state index contributed by atoms with van der Waals surface area (Å²) in [6.45, 7) is 1.68. The maximum atomic E-state index is 12.6. The molecule has 0 saturated carbocycles. The molecule has 1 unspecified atom stereocenters. The number of hydrogen-bond donors (Lipinski definition) is 1. The Bertz CT molecular complexity index is 812. The number of aromatic amines is 1. The van der Waals surface area contributed by atoms with Crippen LogP contribution < -0.4 is 0 Å². The van der Waals surface area contributed by atoms with E-state index in [0.29, 0.717) is 26.1 Å². The number of nitrogens with zero attached hydrogens (tertiary/aromatic N) is 6. The van der Waals surface area contributed by atoms with Crippen molar-refractivity contribution in [2.24, 2.45) is 0 Å². The molecule has 3 aromatic rings. The van der Waals surface area contributed by atoms with Crippen LogP contribution in [0.15, 0.2) is 43.0 Å².